The minimum Gasteiger partial charge on any atom is -0.389 e. The smallest absolute Gasteiger partial charge is 0.389 e. The minimum absolute atomic E-state index is 0.104. The molecule has 0 bridgehead atoms. The number of imidazole rings is 2. The van der Waals surface area contributed by atoms with Crippen LogP contribution in [0, 0.1) is 0 Å². The van der Waals surface area contributed by atoms with E-state index in [4.69, 9.17) is 46.5 Å². The van der Waals surface area contributed by atoms with E-state index in [1.54, 1.807) is 0 Å². The predicted molar refractivity (Wildman–Crippen MR) is 150 cm³/mol. The van der Waals surface area contributed by atoms with E-state index in [1.165, 1.54) is 17.2 Å². The summed E-state index contributed by atoms with van der Waals surface area (Å²) in [5, 5.41) is 20.6. The van der Waals surface area contributed by atoms with Crippen LogP contribution in [0.4, 0.5) is 11.8 Å². The van der Waals surface area contributed by atoms with Gasteiger partial charge in [0.25, 0.3) is 5.56 Å². The highest BCUT2D eigenvalue weighted by Gasteiger charge is 2.51. The van der Waals surface area contributed by atoms with Crippen molar-refractivity contribution in [3.63, 3.8) is 0 Å². The summed E-state index contributed by atoms with van der Waals surface area (Å²) in [7, 11) is -8.56. The molecule has 2 fully saturated rings. The number of H-pyrrole nitrogens is 1. The summed E-state index contributed by atoms with van der Waals surface area (Å²) in [6.07, 6.45) is -6.40. The maximum absolute atomic E-state index is 13.1. The van der Waals surface area contributed by atoms with Gasteiger partial charge in [-0.15, -0.1) is 11.6 Å². The van der Waals surface area contributed by atoms with Gasteiger partial charge in [0, 0.05) is 0 Å². The first kappa shape index (κ1) is 31.9. The van der Waals surface area contributed by atoms with Gasteiger partial charge >= 0.3 is 16.1 Å². The molecule has 9 N–H and O–H groups in total. The molecule has 6 heterocycles. The lowest BCUT2D eigenvalue weighted by molar-refractivity contribution is -0.0582. The zero-order valence-electron chi connectivity index (χ0n) is 22.4. The Labute approximate surface area is 255 Å². The molecular weight excluding hydrogens is 670 g/mol. The highest BCUT2D eigenvalue weighted by molar-refractivity contribution is 7.47. The van der Waals surface area contributed by atoms with Crippen molar-refractivity contribution in [2.24, 2.45) is 0 Å². The third kappa shape index (κ3) is 6.08. The number of halogens is 1. The van der Waals surface area contributed by atoms with Crippen LogP contribution in [-0.2, 0) is 32.2 Å². The van der Waals surface area contributed by atoms with Gasteiger partial charge in [-0.25, -0.2) is 24.5 Å². The van der Waals surface area contributed by atoms with Gasteiger partial charge in [0.2, 0.25) is 5.95 Å². The van der Waals surface area contributed by atoms with Crippen LogP contribution in [0.25, 0.3) is 22.3 Å². The first-order chi connectivity index (χ1) is 21.3. The molecule has 0 amide bonds. The van der Waals surface area contributed by atoms with Crippen LogP contribution in [0.3, 0.4) is 0 Å². The van der Waals surface area contributed by atoms with Crippen molar-refractivity contribution in [1.82, 2.24) is 39.0 Å². The van der Waals surface area contributed by atoms with Crippen LogP contribution >= 0.6 is 27.7 Å². The number of aromatic nitrogens is 8. The van der Waals surface area contributed by atoms with Crippen molar-refractivity contribution < 1.29 is 52.2 Å². The number of ether oxygens (including phenoxy) is 2. The number of alkyl halides is 1. The molecule has 10 atom stereocenters. The van der Waals surface area contributed by atoms with E-state index in [2.05, 4.69) is 34.4 Å². The van der Waals surface area contributed by atoms with Crippen LogP contribution in [-0.4, -0.2) is 108 Å². The Hall–Kier alpha value is -3.11. The standard InChI is InChI=1S/C20H25ClN10O12P2/c21-8-11(32)7(41-18(8)30-4-26-9-14(22)24-3-25-15(9)30)2-40-45(37,38)43-13-12(33)6(1-39-44(35)36)42-19(13)31-5-27-10-16(31)28-20(23)29-17(10)34/h3-8,11-13,18-19,32-33,44H,1-2H2,(H,35,36)(H,37,38)(H2,22,24,25)(H3,23,28,29,34)/t6-,7-,8+,11-,12-,13-,18-,19-/m1/s1. The van der Waals surface area contributed by atoms with Gasteiger partial charge in [0.1, 0.15) is 47.7 Å². The maximum Gasteiger partial charge on any atom is 0.472 e. The molecule has 2 unspecified atom stereocenters. The third-order valence-corrected chi connectivity index (χ3v) is 8.89. The molecule has 0 radical (unpaired) electrons. The number of anilines is 2. The first-order valence-corrected chi connectivity index (χ1v) is 16.0. The zero-order chi connectivity index (χ0) is 32.2. The number of aromatic amines is 1. The van der Waals surface area contributed by atoms with E-state index in [-0.39, 0.29) is 34.1 Å². The molecule has 0 aliphatic carbocycles. The van der Waals surface area contributed by atoms with Crippen molar-refractivity contribution in [3.05, 3.63) is 29.3 Å². The topological polar surface area (TPSA) is 320 Å². The molecule has 0 spiro atoms. The average molecular weight is 695 g/mol. The van der Waals surface area contributed by atoms with Crippen LogP contribution in [0.2, 0.25) is 0 Å². The number of nitrogens with one attached hydrogen (secondary N) is 1. The van der Waals surface area contributed by atoms with Gasteiger partial charge in [-0.05, 0) is 0 Å². The highest BCUT2D eigenvalue weighted by atomic mass is 35.5. The number of aliphatic hydroxyl groups is 2. The summed E-state index contributed by atoms with van der Waals surface area (Å²) >= 11 is 6.41. The molecule has 4 aromatic rings. The lowest BCUT2D eigenvalue weighted by Gasteiger charge is -2.25. The van der Waals surface area contributed by atoms with Crippen molar-refractivity contribution in [1.29, 1.82) is 0 Å². The van der Waals surface area contributed by atoms with Gasteiger partial charge in [0.15, 0.2) is 35.1 Å². The summed E-state index contributed by atoms with van der Waals surface area (Å²) in [5.74, 6) is -0.182. The van der Waals surface area contributed by atoms with Crippen molar-refractivity contribution in [2.75, 3.05) is 24.7 Å². The van der Waals surface area contributed by atoms with Crippen molar-refractivity contribution >= 4 is 61.8 Å². The van der Waals surface area contributed by atoms with Gasteiger partial charge in [-0.2, -0.15) is 4.98 Å². The van der Waals surface area contributed by atoms with Crippen LogP contribution in [0.5, 0.6) is 0 Å². The molecule has 0 saturated carbocycles. The fourth-order valence-electron chi connectivity index (χ4n) is 4.95. The monoisotopic (exact) mass is 694 g/mol. The van der Waals surface area contributed by atoms with Gasteiger partial charge in [0.05, 0.1) is 25.9 Å². The fourth-order valence-corrected chi connectivity index (χ4v) is 6.53. The van der Waals surface area contributed by atoms with Crippen molar-refractivity contribution in [2.45, 2.75) is 48.4 Å². The molecule has 4 aromatic heterocycles. The fraction of sp³-hybridized carbons (Fsp3) is 0.500. The molecule has 6 rings (SSSR count). The van der Waals surface area contributed by atoms with E-state index < -0.39 is 83.2 Å². The number of nitrogens with zero attached hydrogens (tertiary/aromatic N) is 7. The Balaban J connectivity index is 1.20. The molecular formula is C20H25ClN10O12P2. The highest BCUT2D eigenvalue weighted by Crippen LogP contribution is 2.50. The number of aliphatic hydroxyl groups excluding tert-OH is 2. The number of hydrogen-bond donors (Lipinski definition) is 7. The van der Waals surface area contributed by atoms with Crippen LogP contribution in [0.1, 0.15) is 12.5 Å². The summed E-state index contributed by atoms with van der Waals surface area (Å²) in [5.41, 5.74) is 11.0. The average Bonchev–Trinajstić information content (AvgIpc) is 3.73. The van der Waals surface area contributed by atoms with E-state index >= 15 is 0 Å². The lowest BCUT2D eigenvalue weighted by atomic mass is 10.1. The summed E-state index contributed by atoms with van der Waals surface area (Å²) < 4.78 is 53.4. The summed E-state index contributed by atoms with van der Waals surface area (Å²) in [4.78, 5) is 54.3. The largest absolute Gasteiger partial charge is 0.472 e. The Morgan fingerprint density at radius 2 is 1.69 bits per heavy atom. The van der Waals surface area contributed by atoms with E-state index in [0.717, 1.165) is 10.9 Å². The SMILES string of the molecule is Nc1nc2c(ncn2[C@@H]2O[C@H](CO[PH](=O)O)[C@@H](O)[C@H]2OP(=O)(O)OC[C@H]2O[C@@H](n3cnc4c(N)ncnc43)[C@@H](Cl)[C@@H]2O)c(=O)[nH]1. The molecule has 2 aliphatic rings. The third-order valence-electron chi connectivity index (χ3n) is 7.02. The molecule has 2 saturated heterocycles. The number of phosphoric acid groups is 1. The molecule has 45 heavy (non-hydrogen) atoms. The predicted octanol–water partition coefficient (Wildman–Crippen LogP) is -1.85. The zero-order valence-corrected chi connectivity index (χ0v) is 25.1. The quantitative estimate of drug-likeness (QED) is 0.0707. The van der Waals surface area contributed by atoms with E-state index in [9.17, 15) is 29.0 Å². The number of nitrogens with two attached hydrogens (primary N) is 2. The minimum atomic E-state index is -5.11. The van der Waals surface area contributed by atoms with E-state index in [1.807, 2.05) is 0 Å². The number of phosphoric ester groups is 1. The number of fused-ring (bicyclic) bond motifs is 2. The second-order valence-electron chi connectivity index (χ2n) is 9.83. The summed E-state index contributed by atoms with van der Waals surface area (Å²) in [6.45, 7) is -1.33. The van der Waals surface area contributed by atoms with E-state index in [0.29, 0.717) is 0 Å². The van der Waals surface area contributed by atoms with Gasteiger partial charge < -0.3 is 45.5 Å². The Morgan fingerprint density at radius 3 is 2.42 bits per heavy atom. The maximum atomic E-state index is 13.1. The first-order valence-electron chi connectivity index (χ1n) is 12.8. The lowest BCUT2D eigenvalue weighted by Crippen LogP contribution is -2.36. The van der Waals surface area contributed by atoms with Crippen LogP contribution < -0.4 is 17.0 Å². The normalized spacial score (nSPS) is 30.7. The molecule has 22 nitrogen and oxygen atoms in total. The van der Waals surface area contributed by atoms with Crippen LogP contribution in [0.15, 0.2) is 23.8 Å². The van der Waals surface area contributed by atoms with Gasteiger partial charge in [-0.3, -0.25) is 32.5 Å². The van der Waals surface area contributed by atoms with Crippen molar-refractivity contribution in [3.8, 4) is 0 Å². The second kappa shape index (κ2) is 12.2. The molecule has 25 heteroatoms. The molecule has 244 valence electrons. The Bertz CT molecular complexity index is 1860. The summed E-state index contributed by atoms with van der Waals surface area (Å²) in [6, 6.07) is 0. The number of rotatable bonds is 10. The number of nitrogen functional groups attached to an aromatic ring is 2. The number of hydrogen-bond acceptors (Lipinski definition) is 17. The van der Waals surface area contributed by atoms with Gasteiger partial charge in [-0.1, -0.05) is 0 Å². The second-order valence-corrected chi connectivity index (χ2v) is 12.6. The molecule has 2 aliphatic heterocycles. The Kier molecular flexibility index (Phi) is 8.67. The molecule has 0 aromatic carbocycles. The Morgan fingerprint density at radius 1 is 1.02 bits per heavy atom.